The Bertz CT molecular complexity index is 403. The topological polar surface area (TPSA) is 24.8 Å². The van der Waals surface area contributed by atoms with Crippen molar-refractivity contribution in [3.8, 4) is 0 Å². The molecule has 1 heterocycles. The van der Waals surface area contributed by atoms with E-state index in [4.69, 9.17) is 9.84 Å². The molecule has 1 aliphatic heterocycles. The lowest BCUT2D eigenvalue weighted by Gasteiger charge is -2.51. The second kappa shape index (κ2) is 8.84. The molecule has 1 aliphatic rings. The molecule has 0 amide bonds. The molecule has 1 rings (SSSR count). The Morgan fingerprint density at radius 1 is 1.25 bits per heavy atom. The minimum atomic E-state index is -1.54. The van der Waals surface area contributed by atoms with E-state index in [1.165, 1.54) is 38.5 Å². The first-order chi connectivity index (χ1) is 11.1. The summed E-state index contributed by atoms with van der Waals surface area (Å²) in [5.74, 6) is 0. The van der Waals surface area contributed by atoms with Gasteiger partial charge >= 0.3 is 0 Å². The zero-order valence-corrected chi connectivity index (χ0v) is 18.6. The van der Waals surface area contributed by atoms with Crippen LogP contribution in [-0.2, 0) is 4.74 Å². The van der Waals surface area contributed by atoms with E-state index in [9.17, 15) is 0 Å². The highest BCUT2D eigenvalue weighted by molar-refractivity contribution is 6.85. The van der Waals surface area contributed by atoms with Crippen LogP contribution in [0.3, 0.4) is 0 Å². The molecule has 1 fully saturated rings. The zero-order valence-electron chi connectivity index (χ0n) is 17.6. The lowest BCUT2D eigenvalue weighted by molar-refractivity contribution is 0.118. The Morgan fingerprint density at radius 2 is 1.92 bits per heavy atom. The van der Waals surface area contributed by atoms with Crippen LogP contribution in [0.25, 0.3) is 0 Å². The van der Waals surface area contributed by atoms with E-state index in [2.05, 4.69) is 58.9 Å². The van der Waals surface area contributed by atoms with E-state index in [-0.39, 0.29) is 5.04 Å². The summed E-state index contributed by atoms with van der Waals surface area (Å²) in [6.45, 7) is 19.0. The van der Waals surface area contributed by atoms with Crippen LogP contribution in [0.2, 0.25) is 23.2 Å². The van der Waals surface area contributed by atoms with Crippen LogP contribution in [-0.4, -0.2) is 45.6 Å². The molecule has 0 N–H and O–H groups in total. The van der Waals surface area contributed by atoms with Gasteiger partial charge in [0.25, 0.3) is 0 Å². The highest BCUT2D eigenvalue weighted by Gasteiger charge is 2.50. The molecular formula is C20H42N2OSi. The third kappa shape index (κ3) is 4.63. The monoisotopic (exact) mass is 354 g/mol. The maximum Gasteiger partial charge on any atom is 0.0704 e. The summed E-state index contributed by atoms with van der Waals surface area (Å²) < 4.78 is 5.39. The standard InChI is InChI=1S/C20H42N2OSi/c1-9-11-14-20(10-2,24(7,8)19(3,4)5)17-21-22-15-12-13-18(22)16-23-6/h17-18H,9-16H2,1-8H3/b21-17+/t18-,20+/m0/s1. The van der Waals surface area contributed by atoms with Gasteiger partial charge in [-0.15, -0.1) is 0 Å². The van der Waals surface area contributed by atoms with Crippen molar-refractivity contribution in [3.63, 3.8) is 0 Å². The van der Waals surface area contributed by atoms with Gasteiger partial charge < -0.3 is 4.74 Å². The molecule has 4 heteroatoms. The Balaban J connectivity index is 3.11. The number of hydrogen-bond acceptors (Lipinski definition) is 3. The molecule has 0 radical (unpaired) electrons. The van der Waals surface area contributed by atoms with Crippen molar-refractivity contribution in [2.24, 2.45) is 5.10 Å². The maximum atomic E-state index is 5.39. The van der Waals surface area contributed by atoms with Gasteiger partial charge in [0.05, 0.1) is 20.7 Å². The maximum absolute atomic E-state index is 5.39. The van der Waals surface area contributed by atoms with E-state index < -0.39 is 8.07 Å². The predicted octanol–water partition coefficient (Wildman–Crippen LogP) is 5.93. The predicted molar refractivity (Wildman–Crippen MR) is 110 cm³/mol. The third-order valence-electron chi connectivity index (χ3n) is 6.89. The number of rotatable bonds is 9. The minimum Gasteiger partial charge on any atom is -0.382 e. The first kappa shape index (κ1) is 21.7. The molecule has 0 bridgehead atoms. The molecule has 0 saturated carbocycles. The van der Waals surface area contributed by atoms with Crippen LogP contribution in [0.5, 0.6) is 0 Å². The van der Waals surface area contributed by atoms with E-state index >= 15 is 0 Å². The molecule has 2 atom stereocenters. The van der Waals surface area contributed by atoms with E-state index in [1.54, 1.807) is 7.11 Å². The Morgan fingerprint density at radius 3 is 2.42 bits per heavy atom. The van der Waals surface area contributed by atoms with Gasteiger partial charge in [0, 0.05) is 24.9 Å². The van der Waals surface area contributed by atoms with Crippen molar-refractivity contribution < 1.29 is 4.74 Å². The number of unbranched alkanes of at least 4 members (excludes halogenated alkanes) is 1. The summed E-state index contributed by atoms with van der Waals surface area (Å²) in [6.07, 6.45) is 9.87. The van der Waals surface area contributed by atoms with Crippen LogP contribution in [0.4, 0.5) is 0 Å². The van der Waals surface area contributed by atoms with Gasteiger partial charge in [-0.2, -0.15) is 5.10 Å². The van der Waals surface area contributed by atoms with Crippen molar-refractivity contribution in [1.82, 2.24) is 5.01 Å². The van der Waals surface area contributed by atoms with E-state index in [1.807, 2.05) is 0 Å². The lowest BCUT2D eigenvalue weighted by atomic mass is 9.99. The van der Waals surface area contributed by atoms with Crippen LogP contribution in [0, 0.1) is 0 Å². The van der Waals surface area contributed by atoms with E-state index in [0.29, 0.717) is 11.1 Å². The molecule has 0 aromatic carbocycles. The number of methoxy groups -OCH3 is 1. The fourth-order valence-electron chi connectivity index (χ4n) is 4.01. The van der Waals surface area contributed by atoms with Gasteiger partial charge in [-0.25, -0.2) is 0 Å². The summed E-state index contributed by atoms with van der Waals surface area (Å²) in [5, 5.41) is 8.01. The zero-order chi connectivity index (χ0) is 18.4. The highest BCUT2D eigenvalue weighted by atomic mass is 28.3. The molecule has 0 spiro atoms. The fraction of sp³-hybridized carbons (Fsp3) is 0.950. The molecule has 3 nitrogen and oxygen atoms in total. The number of hydrazone groups is 1. The quantitative estimate of drug-likeness (QED) is 0.378. The van der Waals surface area contributed by atoms with Gasteiger partial charge in [0.15, 0.2) is 0 Å². The minimum absolute atomic E-state index is 0.279. The van der Waals surface area contributed by atoms with Crippen molar-refractivity contribution in [2.75, 3.05) is 20.3 Å². The Hall–Kier alpha value is -0.353. The van der Waals surface area contributed by atoms with Gasteiger partial charge in [0.2, 0.25) is 0 Å². The van der Waals surface area contributed by atoms with Crippen LogP contribution < -0.4 is 0 Å². The summed E-state index contributed by atoms with van der Waals surface area (Å²) in [4.78, 5) is 0. The summed E-state index contributed by atoms with van der Waals surface area (Å²) in [6, 6.07) is 0.464. The van der Waals surface area contributed by atoms with Crippen molar-refractivity contribution >= 4 is 14.3 Å². The lowest BCUT2D eigenvalue weighted by Crippen LogP contribution is -2.51. The molecule has 24 heavy (non-hydrogen) atoms. The molecular weight excluding hydrogens is 312 g/mol. The van der Waals surface area contributed by atoms with Gasteiger partial charge in [-0.3, -0.25) is 5.01 Å². The highest BCUT2D eigenvalue weighted by Crippen LogP contribution is 2.55. The fourth-order valence-corrected chi connectivity index (χ4v) is 7.57. The van der Waals surface area contributed by atoms with Gasteiger partial charge in [-0.05, 0) is 30.7 Å². The second-order valence-electron chi connectivity index (χ2n) is 9.15. The van der Waals surface area contributed by atoms with Crippen LogP contribution in [0.1, 0.15) is 73.1 Å². The van der Waals surface area contributed by atoms with Gasteiger partial charge in [-0.1, -0.05) is 60.6 Å². The smallest absolute Gasteiger partial charge is 0.0704 e. The number of hydrogen-bond donors (Lipinski definition) is 0. The van der Waals surface area contributed by atoms with Crippen molar-refractivity contribution in [3.05, 3.63) is 0 Å². The van der Waals surface area contributed by atoms with E-state index in [0.717, 1.165) is 13.2 Å². The SMILES string of the molecule is CCCC[C@@](/C=N/N1CCC[C@H]1COC)(CC)[Si](C)(C)C(C)(C)C. The summed E-state index contributed by atoms with van der Waals surface area (Å²) in [7, 11) is 0.258. The summed E-state index contributed by atoms with van der Waals surface area (Å²) >= 11 is 0. The van der Waals surface area contributed by atoms with Gasteiger partial charge in [0.1, 0.15) is 0 Å². The average molecular weight is 355 g/mol. The Labute approximate surface area is 152 Å². The van der Waals surface area contributed by atoms with Crippen molar-refractivity contribution in [2.45, 2.75) is 102 Å². The number of nitrogens with zero attached hydrogens (tertiary/aromatic N) is 2. The molecule has 142 valence electrons. The molecule has 0 aliphatic carbocycles. The third-order valence-corrected chi connectivity index (χ3v) is 13.9. The number of ether oxygens (including phenoxy) is 1. The summed E-state index contributed by atoms with van der Waals surface area (Å²) in [5.41, 5.74) is 0. The first-order valence-electron chi connectivity index (χ1n) is 9.96. The van der Waals surface area contributed by atoms with Crippen LogP contribution in [0.15, 0.2) is 5.10 Å². The van der Waals surface area contributed by atoms with Crippen molar-refractivity contribution in [1.29, 1.82) is 0 Å². The molecule has 0 unspecified atom stereocenters. The second-order valence-corrected chi connectivity index (χ2v) is 14.9. The molecule has 1 saturated heterocycles. The van der Waals surface area contributed by atoms with Crippen LogP contribution >= 0.6 is 0 Å². The molecule has 0 aromatic heterocycles. The Kier molecular flexibility index (Phi) is 7.99. The normalized spacial score (nSPS) is 22.3. The largest absolute Gasteiger partial charge is 0.382 e. The molecule has 0 aromatic rings. The first-order valence-corrected chi connectivity index (χ1v) is 13.0. The average Bonchev–Trinajstić information content (AvgIpc) is 2.94.